The number of fused-ring (bicyclic) bond motifs is 1. The Labute approximate surface area is 112 Å². The van der Waals surface area contributed by atoms with Gasteiger partial charge in [0.05, 0.1) is 0 Å². The molecular formula is C13H20N6. The normalized spacial score (nSPS) is 18.6. The van der Waals surface area contributed by atoms with Crippen LogP contribution in [0.5, 0.6) is 0 Å². The minimum Gasteiger partial charge on any atom is -0.363 e. The van der Waals surface area contributed by atoms with Crippen molar-refractivity contribution in [2.45, 2.75) is 32.2 Å². The van der Waals surface area contributed by atoms with Crippen LogP contribution >= 0.6 is 0 Å². The zero-order valence-electron chi connectivity index (χ0n) is 11.3. The average Bonchev–Trinajstić information content (AvgIpc) is 2.89. The summed E-state index contributed by atoms with van der Waals surface area (Å²) in [5.41, 5.74) is 0.785. The van der Waals surface area contributed by atoms with Crippen molar-refractivity contribution < 1.29 is 0 Å². The first-order valence-corrected chi connectivity index (χ1v) is 6.96. The van der Waals surface area contributed by atoms with Gasteiger partial charge in [-0.15, -0.1) is 10.2 Å². The van der Waals surface area contributed by atoms with E-state index in [2.05, 4.69) is 32.3 Å². The molecule has 1 atom stereocenters. The van der Waals surface area contributed by atoms with Crippen LogP contribution in [0, 0.1) is 0 Å². The zero-order valence-corrected chi connectivity index (χ0v) is 11.3. The maximum absolute atomic E-state index is 4.36. The van der Waals surface area contributed by atoms with E-state index in [1.807, 2.05) is 10.6 Å². The van der Waals surface area contributed by atoms with Crippen LogP contribution in [0.4, 0.5) is 5.82 Å². The van der Waals surface area contributed by atoms with Crippen molar-refractivity contribution in [2.75, 3.05) is 25.0 Å². The third-order valence-corrected chi connectivity index (χ3v) is 3.58. The van der Waals surface area contributed by atoms with Crippen molar-refractivity contribution in [1.29, 1.82) is 0 Å². The van der Waals surface area contributed by atoms with Crippen LogP contribution in [0.1, 0.15) is 26.2 Å². The van der Waals surface area contributed by atoms with Gasteiger partial charge >= 0.3 is 0 Å². The number of likely N-dealkylation sites (tertiary alicyclic amines) is 1. The van der Waals surface area contributed by atoms with E-state index in [1.165, 1.54) is 32.4 Å². The maximum atomic E-state index is 4.36. The van der Waals surface area contributed by atoms with Crippen LogP contribution < -0.4 is 5.32 Å². The van der Waals surface area contributed by atoms with Gasteiger partial charge in [0.15, 0.2) is 5.82 Å². The van der Waals surface area contributed by atoms with Crippen molar-refractivity contribution in [3.05, 3.63) is 18.7 Å². The summed E-state index contributed by atoms with van der Waals surface area (Å²) in [6.07, 6.45) is 9.34. The molecule has 6 heteroatoms. The first kappa shape index (κ1) is 12.3. The molecular weight excluding hydrogens is 240 g/mol. The van der Waals surface area contributed by atoms with Gasteiger partial charge in [0, 0.05) is 25.0 Å². The Morgan fingerprint density at radius 2 is 2.16 bits per heavy atom. The van der Waals surface area contributed by atoms with Crippen LogP contribution in [0.25, 0.3) is 5.65 Å². The quantitative estimate of drug-likeness (QED) is 0.900. The van der Waals surface area contributed by atoms with E-state index < -0.39 is 0 Å². The SMILES string of the molecule is CC(CN1CCCCC1)Nc1nccn2cnnc12. The van der Waals surface area contributed by atoms with Gasteiger partial charge in [-0.1, -0.05) is 6.42 Å². The van der Waals surface area contributed by atoms with Crippen LogP contribution in [-0.4, -0.2) is 50.2 Å². The Bertz CT molecular complexity index is 531. The minimum atomic E-state index is 0.355. The van der Waals surface area contributed by atoms with Gasteiger partial charge in [0.1, 0.15) is 6.33 Å². The predicted octanol–water partition coefficient (Wildman–Crippen LogP) is 1.41. The summed E-state index contributed by atoms with van der Waals surface area (Å²) in [6, 6.07) is 0.355. The molecule has 1 N–H and O–H groups in total. The van der Waals surface area contributed by atoms with Crippen LogP contribution in [0.2, 0.25) is 0 Å². The lowest BCUT2D eigenvalue weighted by Crippen LogP contribution is -2.38. The van der Waals surface area contributed by atoms with Crippen molar-refractivity contribution in [3.63, 3.8) is 0 Å². The van der Waals surface area contributed by atoms with E-state index in [0.29, 0.717) is 6.04 Å². The van der Waals surface area contributed by atoms with Gasteiger partial charge in [-0.05, 0) is 32.9 Å². The van der Waals surface area contributed by atoms with E-state index in [9.17, 15) is 0 Å². The Hall–Kier alpha value is -1.69. The lowest BCUT2D eigenvalue weighted by atomic mass is 10.1. The molecule has 0 aliphatic carbocycles. The molecule has 2 aromatic heterocycles. The maximum Gasteiger partial charge on any atom is 0.203 e. The fourth-order valence-electron chi connectivity index (χ4n) is 2.67. The largest absolute Gasteiger partial charge is 0.363 e. The van der Waals surface area contributed by atoms with Gasteiger partial charge in [0.25, 0.3) is 0 Å². The van der Waals surface area contributed by atoms with E-state index in [4.69, 9.17) is 0 Å². The van der Waals surface area contributed by atoms with Gasteiger partial charge in [-0.2, -0.15) is 0 Å². The molecule has 0 radical (unpaired) electrons. The average molecular weight is 260 g/mol. The van der Waals surface area contributed by atoms with E-state index in [1.54, 1.807) is 12.5 Å². The lowest BCUT2D eigenvalue weighted by Gasteiger charge is -2.29. The van der Waals surface area contributed by atoms with Crippen molar-refractivity contribution in [1.82, 2.24) is 24.5 Å². The number of rotatable bonds is 4. The Kier molecular flexibility index (Phi) is 3.59. The fraction of sp³-hybridized carbons (Fsp3) is 0.615. The molecule has 1 saturated heterocycles. The van der Waals surface area contributed by atoms with Gasteiger partial charge in [-0.25, -0.2) is 4.98 Å². The van der Waals surface area contributed by atoms with Gasteiger partial charge in [0.2, 0.25) is 5.65 Å². The Morgan fingerprint density at radius 1 is 1.32 bits per heavy atom. The van der Waals surface area contributed by atoms with E-state index in [-0.39, 0.29) is 0 Å². The number of hydrogen-bond acceptors (Lipinski definition) is 5. The molecule has 0 aromatic carbocycles. The molecule has 3 rings (SSSR count). The second-order valence-electron chi connectivity index (χ2n) is 5.24. The summed E-state index contributed by atoms with van der Waals surface area (Å²) in [5.74, 6) is 0.810. The standard InChI is InChI=1S/C13H20N6/c1-11(9-18-6-3-2-4-7-18)16-12-13-17-15-10-19(13)8-5-14-12/h5,8,10-11H,2-4,6-7,9H2,1H3,(H,14,16). The number of hydrogen-bond donors (Lipinski definition) is 1. The predicted molar refractivity (Wildman–Crippen MR) is 74.2 cm³/mol. The molecule has 1 aliphatic rings. The first-order valence-electron chi connectivity index (χ1n) is 6.96. The fourth-order valence-corrected chi connectivity index (χ4v) is 2.67. The molecule has 2 aromatic rings. The van der Waals surface area contributed by atoms with Crippen molar-refractivity contribution in [2.24, 2.45) is 0 Å². The number of aromatic nitrogens is 4. The highest BCUT2D eigenvalue weighted by Crippen LogP contribution is 2.13. The van der Waals surface area contributed by atoms with Crippen molar-refractivity contribution in [3.8, 4) is 0 Å². The molecule has 19 heavy (non-hydrogen) atoms. The monoisotopic (exact) mass is 260 g/mol. The topological polar surface area (TPSA) is 58.4 Å². The number of piperidine rings is 1. The number of nitrogens with one attached hydrogen (secondary N) is 1. The summed E-state index contributed by atoms with van der Waals surface area (Å²) in [6.45, 7) is 5.68. The smallest absolute Gasteiger partial charge is 0.203 e. The highest BCUT2D eigenvalue weighted by atomic mass is 15.3. The van der Waals surface area contributed by atoms with Crippen LogP contribution in [0.15, 0.2) is 18.7 Å². The summed E-state index contributed by atoms with van der Waals surface area (Å²) < 4.78 is 1.88. The number of anilines is 1. The zero-order chi connectivity index (χ0) is 13.1. The third kappa shape index (κ3) is 2.84. The second kappa shape index (κ2) is 5.52. The molecule has 1 aliphatic heterocycles. The molecule has 0 saturated carbocycles. The molecule has 1 unspecified atom stereocenters. The third-order valence-electron chi connectivity index (χ3n) is 3.58. The van der Waals surface area contributed by atoms with Gasteiger partial charge in [-0.3, -0.25) is 4.40 Å². The molecule has 1 fully saturated rings. The second-order valence-corrected chi connectivity index (χ2v) is 5.24. The summed E-state index contributed by atoms with van der Waals surface area (Å²) in [7, 11) is 0. The Balaban J connectivity index is 1.65. The number of nitrogens with zero attached hydrogens (tertiary/aromatic N) is 5. The highest BCUT2D eigenvalue weighted by Gasteiger charge is 2.14. The summed E-state index contributed by atoms with van der Waals surface area (Å²) in [4.78, 5) is 6.88. The van der Waals surface area contributed by atoms with Gasteiger partial charge < -0.3 is 10.2 Å². The highest BCUT2D eigenvalue weighted by molar-refractivity contribution is 5.61. The Morgan fingerprint density at radius 3 is 3.00 bits per heavy atom. The molecule has 0 spiro atoms. The lowest BCUT2D eigenvalue weighted by molar-refractivity contribution is 0.223. The molecule has 6 nitrogen and oxygen atoms in total. The van der Waals surface area contributed by atoms with Crippen molar-refractivity contribution >= 4 is 11.5 Å². The van der Waals surface area contributed by atoms with E-state index in [0.717, 1.165) is 18.0 Å². The molecule has 0 bridgehead atoms. The summed E-state index contributed by atoms with van der Waals surface area (Å²) in [5, 5.41) is 11.4. The van der Waals surface area contributed by atoms with Crippen LogP contribution in [0.3, 0.4) is 0 Å². The summed E-state index contributed by atoms with van der Waals surface area (Å²) >= 11 is 0. The van der Waals surface area contributed by atoms with E-state index >= 15 is 0 Å². The molecule has 102 valence electrons. The molecule has 3 heterocycles. The molecule has 0 amide bonds. The minimum absolute atomic E-state index is 0.355. The first-order chi connectivity index (χ1) is 9.33. The van der Waals surface area contributed by atoms with Crippen LogP contribution in [-0.2, 0) is 0 Å².